The number of aliphatic hydroxyl groups excluding tert-OH is 1. The van der Waals surface area contributed by atoms with Gasteiger partial charge < -0.3 is 5.11 Å². The number of aryl methyl sites for hydroxylation is 1. The third-order valence-corrected chi connectivity index (χ3v) is 7.19. The van der Waals surface area contributed by atoms with Gasteiger partial charge in [-0.05, 0) is 24.4 Å². The molecule has 0 spiro atoms. The van der Waals surface area contributed by atoms with Gasteiger partial charge in [0.15, 0.2) is 0 Å². The van der Waals surface area contributed by atoms with E-state index in [1.165, 1.54) is 11.3 Å². The predicted octanol–water partition coefficient (Wildman–Crippen LogP) is 2.87. The maximum atomic E-state index is 12.4. The quantitative estimate of drug-likeness (QED) is 0.846. The number of rotatable bonds is 6. The molecule has 4 nitrogen and oxygen atoms in total. The van der Waals surface area contributed by atoms with E-state index < -0.39 is 10.0 Å². The van der Waals surface area contributed by atoms with Crippen molar-refractivity contribution in [3.05, 3.63) is 38.2 Å². The zero-order chi connectivity index (χ0) is 15.7. The Morgan fingerprint density at radius 3 is 2.62 bits per heavy atom. The second kappa shape index (κ2) is 6.18. The smallest absolute Gasteiger partial charge is 0.241 e. The molecule has 0 aliphatic heterocycles. The summed E-state index contributed by atoms with van der Waals surface area (Å²) in [5.41, 5.74) is -0.259. The zero-order valence-electron chi connectivity index (χ0n) is 12.2. The Bertz CT molecular complexity index is 700. The molecule has 0 fully saturated rings. The van der Waals surface area contributed by atoms with Crippen molar-refractivity contribution in [2.24, 2.45) is 0 Å². The maximum Gasteiger partial charge on any atom is 0.241 e. The lowest BCUT2D eigenvalue weighted by molar-refractivity contribution is 0.285. The van der Waals surface area contributed by atoms with Crippen molar-refractivity contribution in [3.8, 4) is 0 Å². The van der Waals surface area contributed by atoms with E-state index in [2.05, 4.69) is 4.72 Å². The minimum Gasteiger partial charge on any atom is -0.391 e. The second-order valence-electron chi connectivity index (χ2n) is 5.48. The Balaban J connectivity index is 2.16. The lowest BCUT2D eigenvalue weighted by Crippen LogP contribution is -2.36. The van der Waals surface area contributed by atoms with Gasteiger partial charge in [-0.15, -0.1) is 22.7 Å². The van der Waals surface area contributed by atoms with E-state index in [0.717, 1.165) is 4.88 Å². The van der Waals surface area contributed by atoms with E-state index in [9.17, 15) is 8.42 Å². The van der Waals surface area contributed by atoms with Crippen molar-refractivity contribution in [1.29, 1.82) is 0 Å². The van der Waals surface area contributed by atoms with Crippen LogP contribution in [0.3, 0.4) is 0 Å². The lowest BCUT2D eigenvalue weighted by atomic mass is 9.92. The SMILES string of the molecule is Cc1sc(CO)cc1S(=O)(=O)NCC(C)(C)c1cccs1. The summed E-state index contributed by atoms with van der Waals surface area (Å²) in [6.07, 6.45) is 0. The van der Waals surface area contributed by atoms with Crippen LogP contribution in [0.4, 0.5) is 0 Å². The highest BCUT2D eigenvalue weighted by Gasteiger charge is 2.26. The number of hydrogen-bond donors (Lipinski definition) is 2. The van der Waals surface area contributed by atoms with Crippen LogP contribution >= 0.6 is 22.7 Å². The Morgan fingerprint density at radius 2 is 2.10 bits per heavy atom. The summed E-state index contributed by atoms with van der Waals surface area (Å²) in [7, 11) is -3.55. The molecule has 7 heteroatoms. The van der Waals surface area contributed by atoms with Crippen LogP contribution in [-0.2, 0) is 22.0 Å². The summed E-state index contributed by atoms with van der Waals surface area (Å²) < 4.78 is 27.5. The number of hydrogen-bond acceptors (Lipinski definition) is 5. The highest BCUT2D eigenvalue weighted by Crippen LogP contribution is 2.29. The van der Waals surface area contributed by atoms with Crippen LogP contribution in [0.2, 0.25) is 0 Å². The van der Waals surface area contributed by atoms with Crippen LogP contribution in [0.5, 0.6) is 0 Å². The molecule has 0 bridgehead atoms. The summed E-state index contributed by atoms with van der Waals surface area (Å²) in [5.74, 6) is 0. The van der Waals surface area contributed by atoms with Crippen molar-refractivity contribution in [2.45, 2.75) is 37.7 Å². The third kappa shape index (κ3) is 3.73. The van der Waals surface area contributed by atoms with E-state index in [1.54, 1.807) is 24.3 Å². The normalized spacial score (nSPS) is 12.8. The van der Waals surface area contributed by atoms with Crippen LogP contribution in [0.15, 0.2) is 28.5 Å². The fourth-order valence-corrected chi connectivity index (χ4v) is 5.53. The Labute approximate surface area is 133 Å². The minimum atomic E-state index is -3.55. The molecule has 2 N–H and O–H groups in total. The van der Waals surface area contributed by atoms with Crippen LogP contribution in [-0.4, -0.2) is 20.1 Å². The Hall–Kier alpha value is -0.730. The highest BCUT2D eigenvalue weighted by atomic mass is 32.2. The van der Waals surface area contributed by atoms with Crippen molar-refractivity contribution in [3.63, 3.8) is 0 Å². The number of aliphatic hydroxyl groups is 1. The van der Waals surface area contributed by atoms with Crippen LogP contribution in [0, 0.1) is 6.92 Å². The lowest BCUT2D eigenvalue weighted by Gasteiger charge is -2.23. The van der Waals surface area contributed by atoms with Crippen LogP contribution in [0.1, 0.15) is 28.5 Å². The number of thiophene rings is 2. The Morgan fingerprint density at radius 1 is 1.38 bits per heavy atom. The fourth-order valence-electron chi connectivity index (χ4n) is 1.97. The molecule has 2 heterocycles. The largest absolute Gasteiger partial charge is 0.391 e. The first kappa shape index (κ1) is 16.6. The molecule has 0 aromatic carbocycles. The topological polar surface area (TPSA) is 66.4 Å². The molecule has 2 aromatic rings. The van der Waals surface area contributed by atoms with Crippen LogP contribution in [0.25, 0.3) is 0 Å². The Kier molecular flexibility index (Phi) is 4.89. The van der Waals surface area contributed by atoms with Gasteiger partial charge >= 0.3 is 0 Å². The first-order chi connectivity index (χ1) is 9.76. The summed E-state index contributed by atoms with van der Waals surface area (Å²) in [4.78, 5) is 2.76. The third-order valence-electron chi connectivity index (χ3n) is 3.26. The van der Waals surface area contributed by atoms with Gasteiger partial charge in [0, 0.05) is 26.6 Å². The molecule has 2 rings (SSSR count). The van der Waals surface area contributed by atoms with E-state index in [4.69, 9.17) is 5.11 Å². The first-order valence-electron chi connectivity index (χ1n) is 6.50. The van der Waals surface area contributed by atoms with Crippen molar-refractivity contribution >= 4 is 32.7 Å². The summed E-state index contributed by atoms with van der Waals surface area (Å²) in [5, 5.41) is 11.1. The molecule has 2 aromatic heterocycles. The fraction of sp³-hybridized carbons (Fsp3) is 0.429. The molecule has 0 saturated carbocycles. The molecule has 0 amide bonds. The van der Waals surface area contributed by atoms with Gasteiger partial charge in [-0.2, -0.15) is 0 Å². The maximum absolute atomic E-state index is 12.4. The van der Waals surface area contributed by atoms with Gasteiger partial charge in [-0.1, -0.05) is 19.9 Å². The summed E-state index contributed by atoms with van der Waals surface area (Å²) >= 11 is 2.93. The molecular weight excluding hydrogens is 326 g/mol. The molecule has 21 heavy (non-hydrogen) atoms. The number of nitrogens with one attached hydrogen (secondary N) is 1. The van der Waals surface area contributed by atoms with E-state index in [-0.39, 0.29) is 16.9 Å². The van der Waals surface area contributed by atoms with Gasteiger partial charge in [0.1, 0.15) is 0 Å². The molecule has 0 atom stereocenters. The average molecular weight is 346 g/mol. The van der Waals surface area contributed by atoms with Crippen molar-refractivity contribution in [1.82, 2.24) is 4.72 Å². The standard InChI is InChI=1S/C14H19NO3S3/c1-10-12(7-11(8-16)20-10)21(17,18)15-9-14(2,3)13-5-4-6-19-13/h4-7,15-16H,8-9H2,1-3H3. The molecule has 0 aliphatic carbocycles. The van der Waals surface area contributed by atoms with Gasteiger partial charge in [0.05, 0.1) is 11.5 Å². The molecule has 116 valence electrons. The van der Waals surface area contributed by atoms with Gasteiger partial charge in [-0.3, -0.25) is 0 Å². The summed E-state index contributed by atoms with van der Waals surface area (Å²) in [6, 6.07) is 5.52. The molecular formula is C14H19NO3S3. The molecule has 0 radical (unpaired) electrons. The van der Waals surface area contributed by atoms with Crippen LogP contribution < -0.4 is 4.72 Å². The molecule has 0 saturated heterocycles. The molecule has 0 aliphatic rings. The minimum absolute atomic E-state index is 0.137. The number of sulfonamides is 1. The van der Waals surface area contributed by atoms with Gasteiger partial charge in [0.25, 0.3) is 0 Å². The predicted molar refractivity (Wildman–Crippen MR) is 87.5 cm³/mol. The zero-order valence-corrected chi connectivity index (χ0v) is 14.7. The van der Waals surface area contributed by atoms with Crippen molar-refractivity contribution in [2.75, 3.05) is 6.54 Å². The highest BCUT2D eigenvalue weighted by molar-refractivity contribution is 7.89. The van der Waals surface area contributed by atoms with Crippen molar-refractivity contribution < 1.29 is 13.5 Å². The van der Waals surface area contributed by atoms with Gasteiger partial charge in [-0.25, -0.2) is 13.1 Å². The summed E-state index contributed by atoms with van der Waals surface area (Å²) in [6.45, 7) is 5.98. The van der Waals surface area contributed by atoms with E-state index in [0.29, 0.717) is 16.3 Å². The first-order valence-corrected chi connectivity index (χ1v) is 9.68. The average Bonchev–Trinajstić information content (AvgIpc) is 3.06. The second-order valence-corrected chi connectivity index (χ2v) is 9.50. The molecule has 0 unspecified atom stereocenters. The monoisotopic (exact) mass is 345 g/mol. The van der Waals surface area contributed by atoms with Gasteiger partial charge in [0.2, 0.25) is 10.0 Å². The van der Waals surface area contributed by atoms with E-state index in [1.807, 2.05) is 31.4 Å². The van der Waals surface area contributed by atoms with E-state index >= 15 is 0 Å².